The number of halogens is 2. The van der Waals surface area contributed by atoms with Crippen LogP contribution in [0.4, 0.5) is 13.6 Å². The number of amides is 1. The van der Waals surface area contributed by atoms with E-state index in [0.29, 0.717) is 19.6 Å². The van der Waals surface area contributed by atoms with Crippen LogP contribution in [0.15, 0.2) is 36.4 Å². The van der Waals surface area contributed by atoms with E-state index in [0.717, 1.165) is 47.9 Å². The van der Waals surface area contributed by atoms with Crippen molar-refractivity contribution in [3.8, 4) is 5.75 Å². The van der Waals surface area contributed by atoms with E-state index >= 15 is 0 Å². The maximum Gasteiger partial charge on any atom is 0.494 e. The zero-order chi connectivity index (χ0) is 32.0. The molecule has 0 aliphatic carbocycles. The van der Waals surface area contributed by atoms with Gasteiger partial charge in [0.2, 0.25) is 0 Å². The van der Waals surface area contributed by atoms with Gasteiger partial charge >= 0.3 is 13.2 Å². The van der Waals surface area contributed by atoms with Crippen LogP contribution in [0.3, 0.4) is 0 Å². The molecule has 1 N–H and O–H groups in total. The van der Waals surface area contributed by atoms with Gasteiger partial charge in [-0.2, -0.15) is 0 Å². The van der Waals surface area contributed by atoms with Crippen molar-refractivity contribution in [2.75, 3.05) is 19.7 Å². The molecule has 2 aromatic carbocycles. The quantitative estimate of drug-likeness (QED) is 0.434. The molecular weight excluding hydrogens is 569 g/mol. The summed E-state index contributed by atoms with van der Waals surface area (Å²) in [7, 11) is -0.437. The van der Waals surface area contributed by atoms with Gasteiger partial charge in [-0.3, -0.25) is 4.90 Å². The van der Waals surface area contributed by atoms with Crippen LogP contribution in [0.5, 0.6) is 5.75 Å². The molecule has 44 heavy (non-hydrogen) atoms. The van der Waals surface area contributed by atoms with Crippen molar-refractivity contribution in [3.05, 3.63) is 59.2 Å². The zero-order valence-corrected chi connectivity index (χ0v) is 27.0. The number of alkyl carbamates (subject to hydrolysis) is 1. The summed E-state index contributed by atoms with van der Waals surface area (Å²) in [6.07, 6.45) is -0.216. The lowest BCUT2D eigenvalue weighted by Crippen LogP contribution is -2.52. The van der Waals surface area contributed by atoms with Crippen molar-refractivity contribution in [1.82, 2.24) is 10.2 Å². The fraction of sp³-hybridized carbons (Fsp3) is 0.606. The van der Waals surface area contributed by atoms with Gasteiger partial charge in [-0.15, -0.1) is 0 Å². The molecule has 0 spiro atoms. The number of nitrogens with one attached hydrogen (secondary N) is 1. The second-order valence-corrected chi connectivity index (χ2v) is 14.2. The van der Waals surface area contributed by atoms with Crippen LogP contribution in [0.25, 0.3) is 0 Å². The van der Waals surface area contributed by atoms with Crippen molar-refractivity contribution in [1.29, 1.82) is 0 Å². The maximum atomic E-state index is 14.8. The third kappa shape index (κ3) is 7.22. The Morgan fingerprint density at radius 3 is 2.43 bits per heavy atom. The van der Waals surface area contributed by atoms with E-state index in [1.807, 2.05) is 46.8 Å². The highest BCUT2D eigenvalue weighted by Gasteiger charge is 2.51. The van der Waals surface area contributed by atoms with Gasteiger partial charge in [0.15, 0.2) is 0 Å². The maximum absolute atomic E-state index is 14.8. The summed E-state index contributed by atoms with van der Waals surface area (Å²) in [5, 5.41) is 2.87. The zero-order valence-electron chi connectivity index (χ0n) is 27.0. The van der Waals surface area contributed by atoms with Crippen molar-refractivity contribution in [2.24, 2.45) is 0 Å². The standard InChI is InChI=1S/C33H45BF2N2O6/c1-20-15-21(34-43-32(5,6)33(7,8)44-34)9-12-28(20)41-24-13-14-38(18-24)23-17-27(37-30(39)42-31(2,3)4)29(40-19-23)25-16-22(35)10-11-26(25)36/h9-12,15-16,23-24,27,29H,13-14,17-19H2,1-8H3,(H,37,39)/t23-,24+,27-,29+/m0/s1. The first-order chi connectivity index (χ1) is 20.5. The lowest BCUT2D eigenvalue weighted by atomic mass is 9.78. The monoisotopic (exact) mass is 614 g/mol. The van der Waals surface area contributed by atoms with Crippen LogP contribution in [-0.2, 0) is 18.8 Å². The summed E-state index contributed by atoms with van der Waals surface area (Å²) < 4.78 is 59.3. The highest BCUT2D eigenvalue weighted by Crippen LogP contribution is 2.37. The van der Waals surface area contributed by atoms with E-state index in [-0.39, 0.29) is 17.7 Å². The third-order valence-corrected chi connectivity index (χ3v) is 9.04. The Labute approximate surface area is 259 Å². The highest BCUT2D eigenvalue weighted by atomic mass is 19.1. The predicted molar refractivity (Wildman–Crippen MR) is 164 cm³/mol. The molecule has 2 aromatic rings. The van der Waals surface area contributed by atoms with Gasteiger partial charge in [0, 0.05) is 24.7 Å². The van der Waals surface area contributed by atoms with Crippen LogP contribution < -0.4 is 15.5 Å². The van der Waals surface area contributed by atoms with Gasteiger partial charge in [-0.1, -0.05) is 12.1 Å². The normalized spacial score (nSPS) is 26.9. The van der Waals surface area contributed by atoms with Crippen molar-refractivity contribution in [2.45, 2.75) is 109 Å². The average molecular weight is 615 g/mol. The van der Waals surface area contributed by atoms with E-state index in [1.165, 1.54) is 0 Å². The average Bonchev–Trinajstić information content (AvgIpc) is 3.46. The largest absolute Gasteiger partial charge is 0.494 e. The van der Waals surface area contributed by atoms with Crippen LogP contribution in [0.1, 0.15) is 78.5 Å². The molecule has 0 unspecified atom stereocenters. The lowest BCUT2D eigenvalue weighted by Gasteiger charge is -2.40. The molecule has 3 saturated heterocycles. The summed E-state index contributed by atoms with van der Waals surface area (Å²) in [5.41, 5.74) is 0.491. The molecule has 3 fully saturated rings. The van der Waals surface area contributed by atoms with Gasteiger partial charge in [0.05, 0.1) is 23.9 Å². The van der Waals surface area contributed by atoms with E-state index in [9.17, 15) is 13.6 Å². The first-order valence-corrected chi connectivity index (χ1v) is 15.4. The smallest absolute Gasteiger partial charge is 0.489 e. The number of aryl methyl sites for hydroxylation is 1. The van der Waals surface area contributed by atoms with Crippen LogP contribution in [0.2, 0.25) is 0 Å². The summed E-state index contributed by atoms with van der Waals surface area (Å²) in [5.74, 6) is -0.342. The van der Waals surface area contributed by atoms with Crippen molar-refractivity contribution < 1.29 is 37.1 Å². The van der Waals surface area contributed by atoms with Crippen LogP contribution >= 0.6 is 0 Å². The Kier molecular flexibility index (Phi) is 9.08. The summed E-state index contributed by atoms with van der Waals surface area (Å²) in [4.78, 5) is 15.0. The van der Waals surface area contributed by atoms with Gasteiger partial charge in [0.1, 0.15) is 35.2 Å². The van der Waals surface area contributed by atoms with E-state index < -0.39 is 53.8 Å². The summed E-state index contributed by atoms with van der Waals surface area (Å²) >= 11 is 0. The summed E-state index contributed by atoms with van der Waals surface area (Å²) in [6.45, 7) is 17.2. The molecule has 240 valence electrons. The molecule has 11 heteroatoms. The minimum Gasteiger partial charge on any atom is -0.489 e. The topological polar surface area (TPSA) is 78.5 Å². The molecule has 8 nitrogen and oxygen atoms in total. The van der Waals surface area contributed by atoms with E-state index in [2.05, 4.69) is 16.3 Å². The third-order valence-electron chi connectivity index (χ3n) is 9.04. The molecule has 0 aromatic heterocycles. The molecule has 3 aliphatic heterocycles. The second-order valence-electron chi connectivity index (χ2n) is 14.2. The minimum absolute atomic E-state index is 0.0351. The fourth-order valence-corrected chi connectivity index (χ4v) is 5.99. The number of hydrogen-bond donors (Lipinski definition) is 1. The second kappa shape index (κ2) is 12.2. The number of likely N-dealkylation sites (tertiary alicyclic amines) is 1. The van der Waals surface area contributed by atoms with E-state index in [4.69, 9.17) is 23.5 Å². The number of carbonyl (C=O) groups excluding carboxylic acids is 1. The molecule has 4 atom stereocenters. The number of rotatable bonds is 6. The number of ether oxygens (including phenoxy) is 3. The van der Waals surface area contributed by atoms with Crippen LogP contribution in [-0.4, -0.2) is 72.8 Å². The molecule has 3 aliphatic rings. The molecule has 0 saturated carbocycles. The SMILES string of the molecule is Cc1cc(B2OC(C)(C)C(C)(C)O2)ccc1O[C@@H]1CCN([C@@H]2CO[C@H](c3cc(F)ccc3F)[C@@H](NC(=O)OC(C)(C)C)C2)C1. The Balaban J connectivity index is 1.23. The van der Waals surface area contributed by atoms with Gasteiger partial charge < -0.3 is 28.8 Å². The minimum atomic E-state index is -0.853. The Morgan fingerprint density at radius 2 is 1.77 bits per heavy atom. The number of nitrogens with zero attached hydrogens (tertiary/aromatic N) is 1. The lowest BCUT2D eigenvalue weighted by molar-refractivity contribution is -0.0585. The van der Waals surface area contributed by atoms with Crippen molar-refractivity contribution >= 4 is 18.7 Å². The van der Waals surface area contributed by atoms with Gasteiger partial charge in [0.25, 0.3) is 0 Å². The molecular formula is C33H45BF2N2O6. The molecule has 1 amide bonds. The van der Waals surface area contributed by atoms with Gasteiger partial charge in [-0.25, -0.2) is 13.6 Å². The number of carbonyl (C=O) groups is 1. The molecule has 0 bridgehead atoms. The Bertz CT molecular complexity index is 1350. The first kappa shape index (κ1) is 32.7. The molecule has 5 rings (SSSR count). The van der Waals surface area contributed by atoms with Crippen LogP contribution in [0, 0.1) is 18.6 Å². The number of benzene rings is 2. The molecule has 3 heterocycles. The Hall–Kier alpha value is -2.73. The molecule has 0 radical (unpaired) electrons. The fourth-order valence-electron chi connectivity index (χ4n) is 5.99. The van der Waals surface area contributed by atoms with E-state index in [1.54, 1.807) is 20.8 Å². The summed E-state index contributed by atoms with van der Waals surface area (Å²) in [6, 6.07) is 8.62. The highest BCUT2D eigenvalue weighted by molar-refractivity contribution is 6.62. The predicted octanol–water partition coefficient (Wildman–Crippen LogP) is 5.45. The van der Waals surface area contributed by atoms with Gasteiger partial charge in [-0.05, 0) is 104 Å². The first-order valence-electron chi connectivity index (χ1n) is 15.4. The number of hydrogen-bond acceptors (Lipinski definition) is 7. The van der Waals surface area contributed by atoms with Crippen molar-refractivity contribution in [3.63, 3.8) is 0 Å². The Morgan fingerprint density at radius 1 is 1.07 bits per heavy atom.